The van der Waals surface area contributed by atoms with Gasteiger partial charge in [0.25, 0.3) is 0 Å². The number of hydrogen-bond donors (Lipinski definition) is 1. The smallest absolute Gasteiger partial charge is 0.408 e. The first-order valence-electron chi connectivity index (χ1n) is 6.54. The van der Waals surface area contributed by atoms with Crippen molar-refractivity contribution in [1.82, 2.24) is 5.32 Å². The molecule has 0 fully saturated rings. The van der Waals surface area contributed by atoms with Crippen LogP contribution in [0.2, 0.25) is 0 Å². The van der Waals surface area contributed by atoms with Gasteiger partial charge in [-0.3, -0.25) is 0 Å². The van der Waals surface area contributed by atoms with Crippen molar-refractivity contribution in [3.63, 3.8) is 0 Å². The van der Waals surface area contributed by atoms with Crippen molar-refractivity contribution in [3.05, 3.63) is 12.7 Å². The van der Waals surface area contributed by atoms with Crippen LogP contribution in [0.5, 0.6) is 0 Å². The fourth-order valence-electron chi connectivity index (χ4n) is 1.13. The predicted molar refractivity (Wildman–Crippen MR) is 75.5 cm³/mol. The van der Waals surface area contributed by atoms with Gasteiger partial charge in [-0.1, -0.05) is 12.7 Å². The minimum Gasteiger partial charge on any atom is -0.459 e. The molecule has 0 aliphatic rings. The van der Waals surface area contributed by atoms with Gasteiger partial charge >= 0.3 is 18.0 Å². The van der Waals surface area contributed by atoms with Crippen LogP contribution in [-0.2, 0) is 23.8 Å². The molecule has 1 N–H and O–H groups in total. The lowest BCUT2D eigenvalue weighted by atomic mass is 10.2. The number of amides is 1. The van der Waals surface area contributed by atoms with E-state index in [9.17, 15) is 14.4 Å². The normalized spacial score (nSPS) is 13.6. The quantitative estimate of drug-likeness (QED) is 0.455. The molecule has 0 aliphatic heterocycles. The zero-order chi connectivity index (χ0) is 16.6. The van der Waals surface area contributed by atoms with Crippen LogP contribution in [0.25, 0.3) is 0 Å². The number of nitrogens with one attached hydrogen (secondary N) is 1. The largest absolute Gasteiger partial charge is 0.459 e. The summed E-state index contributed by atoms with van der Waals surface area (Å²) in [5.41, 5.74) is -0.671. The van der Waals surface area contributed by atoms with Gasteiger partial charge in [0, 0.05) is 0 Å². The minimum absolute atomic E-state index is 0.0342. The molecule has 0 aromatic rings. The second kappa shape index (κ2) is 8.28. The molecule has 0 rings (SSSR count). The highest BCUT2D eigenvalue weighted by Gasteiger charge is 2.25. The van der Waals surface area contributed by atoms with Crippen LogP contribution in [0.4, 0.5) is 4.79 Å². The predicted octanol–water partition coefficient (Wildman–Crippen LogP) is 1.56. The first-order valence-corrected chi connectivity index (χ1v) is 6.54. The van der Waals surface area contributed by atoms with Gasteiger partial charge in [-0.25, -0.2) is 14.4 Å². The van der Waals surface area contributed by atoms with Crippen LogP contribution in [0, 0.1) is 0 Å². The standard InChI is InChI=1S/C14H23NO6/c1-7-8-19-12(17)10(3)20-11(16)9(2)15-13(18)21-14(4,5)6/h7,9-10H,1,8H2,2-6H3,(H,15,18)/t9-,10-/m1/s1. The zero-order valence-corrected chi connectivity index (χ0v) is 13.1. The highest BCUT2D eigenvalue weighted by Crippen LogP contribution is 2.07. The molecule has 2 atom stereocenters. The Bertz CT molecular complexity index is 399. The summed E-state index contributed by atoms with van der Waals surface area (Å²) in [4.78, 5) is 34.6. The lowest BCUT2D eigenvalue weighted by Gasteiger charge is -2.22. The van der Waals surface area contributed by atoms with E-state index in [4.69, 9.17) is 14.2 Å². The second-order valence-electron chi connectivity index (χ2n) is 5.37. The minimum atomic E-state index is -1.07. The third-order valence-corrected chi connectivity index (χ3v) is 2.06. The molecule has 7 heteroatoms. The Morgan fingerprint density at radius 1 is 1.19 bits per heavy atom. The molecule has 0 saturated heterocycles. The van der Waals surface area contributed by atoms with Gasteiger partial charge in [-0.15, -0.1) is 0 Å². The summed E-state index contributed by atoms with van der Waals surface area (Å²) in [5.74, 6) is -1.45. The highest BCUT2D eigenvalue weighted by atomic mass is 16.6. The van der Waals surface area contributed by atoms with Crippen LogP contribution in [-0.4, -0.2) is 42.4 Å². The molecular weight excluding hydrogens is 278 g/mol. The molecule has 0 aliphatic carbocycles. The molecule has 0 unspecified atom stereocenters. The van der Waals surface area contributed by atoms with Gasteiger partial charge in [-0.05, 0) is 34.6 Å². The molecule has 0 saturated carbocycles. The van der Waals surface area contributed by atoms with E-state index in [-0.39, 0.29) is 6.61 Å². The van der Waals surface area contributed by atoms with Crippen molar-refractivity contribution in [2.45, 2.75) is 52.4 Å². The maximum atomic E-state index is 11.7. The Hall–Kier alpha value is -2.05. The summed E-state index contributed by atoms with van der Waals surface area (Å²) >= 11 is 0. The zero-order valence-electron chi connectivity index (χ0n) is 13.1. The van der Waals surface area contributed by atoms with Crippen molar-refractivity contribution < 1.29 is 28.6 Å². The van der Waals surface area contributed by atoms with Crippen LogP contribution in [0.15, 0.2) is 12.7 Å². The Morgan fingerprint density at radius 2 is 1.76 bits per heavy atom. The molecule has 0 bridgehead atoms. The van der Waals surface area contributed by atoms with Crippen LogP contribution in [0.3, 0.4) is 0 Å². The summed E-state index contributed by atoms with van der Waals surface area (Å²) in [7, 11) is 0. The fraction of sp³-hybridized carbons (Fsp3) is 0.643. The Kier molecular flexibility index (Phi) is 7.48. The van der Waals surface area contributed by atoms with E-state index in [0.717, 1.165) is 0 Å². The maximum Gasteiger partial charge on any atom is 0.408 e. The van der Waals surface area contributed by atoms with Crippen LogP contribution in [0.1, 0.15) is 34.6 Å². The average molecular weight is 301 g/mol. The first kappa shape index (κ1) is 18.9. The van der Waals surface area contributed by atoms with Gasteiger partial charge in [0.2, 0.25) is 0 Å². The van der Waals surface area contributed by atoms with Crippen molar-refractivity contribution >= 4 is 18.0 Å². The van der Waals surface area contributed by atoms with Gasteiger partial charge in [0.1, 0.15) is 18.2 Å². The van der Waals surface area contributed by atoms with E-state index in [1.54, 1.807) is 20.8 Å². The molecule has 1 amide bonds. The van der Waals surface area contributed by atoms with E-state index in [1.807, 2.05) is 0 Å². The summed E-state index contributed by atoms with van der Waals surface area (Å²) < 4.78 is 14.6. The molecule has 120 valence electrons. The van der Waals surface area contributed by atoms with Crippen LogP contribution < -0.4 is 5.32 Å². The third-order valence-electron chi connectivity index (χ3n) is 2.06. The SMILES string of the molecule is C=CCOC(=O)[C@@H](C)OC(=O)[C@@H](C)NC(=O)OC(C)(C)C. The number of esters is 2. The van der Waals surface area contributed by atoms with Gasteiger partial charge in [-0.2, -0.15) is 0 Å². The third kappa shape index (κ3) is 8.67. The van der Waals surface area contributed by atoms with Crippen molar-refractivity contribution in [3.8, 4) is 0 Å². The Morgan fingerprint density at radius 3 is 2.24 bits per heavy atom. The molecule has 0 radical (unpaired) electrons. The molecular formula is C14H23NO6. The van der Waals surface area contributed by atoms with Gasteiger partial charge in [0.05, 0.1) is 0 Å². The number of carbonyl (C=O) groups excluding carboxylic acids is 3. The topological polar surface area (TPSA) is 90.9 Å². The Balaban J connectivity index is 4.29. The molecule has 0 aromatic carbocycles. The lowest BCUT2D eigenvalue weighted by Crippen LogP contribution is -2.44. The maximum absolute atomic E-state index is 11.7. The molecule has 21 heavy (non-hydrogen) atoms. The van der Waals surface area contributed by atoms with Gasteiger partial charge in [0.15, 0.2) is 6.10 Å². The van der Waals surface area contributed by atoms with Crippen LogP contribution >= 0.6 is 0 Å². The number of alkyl carbamates (subject to hydrolysis) is 1. The molecule has 0 aromatic heterocycles. The first-order chi connectivity index (χ1) is 9.56. The molecule has 0 spiro atoms. The molecule has 0 heterocycles. The number of hydrogen-bond acceptors (Lipinski definition) is 6. The summed E-state index contributed by atoms with van der Waals surface area (Å²) in [6.07, 6.45) is -0.409. The fourth-order valence-corrected chi connectivity index (χ4v) is 1.13. The van der Waals surface area contributed by atoms with E-state index in [0.29, 0.717) is 0 Å². The van der Waals surface area contributed by atoms with Crippen molar-refractivity contribution in [2.24, 2.45) is 0 Å². The summed E-state index contributed by atoms with van der Waals surface area (Å²) in [6.45, 7) is 11.3. The average Bonchev–Trinajstić information content (AvgIpc) is 2.32. The van der Waals surface area contributed by atoms with Crippen molar-refractivity contribution in [2.75, 3.05) is 6.61 Å². The highest BCUT2D eigenvalue weighted by molar-refractivity contribution is 5.84. The Labute approximate surface area is 124 Å². The second-order valence-corrected chi connectivity index (χ2v) is 5.37. The van der Waals surface area contributed by atoms with E-state index < -0.39 is 35.8 Å². The number of carbonyl (C=O) groups is 3. The number of rotatable bonds is 6. The lowest BCUT2D eigenvalue weighted by molar-refractivity contribution is -0.166. The molecule has 7 nitrogen and oxygen atoms in total. The summed E-state index contributed by atoms with van der Waals surface area (Å²) in [6, 6.07) is -0.950. The summed E-state index contributed by atoms with van der Waals surface area (Å²) in [5, 5.41) is 2.32. The monoisotopic (exact) mass is 301 g/mol. The number of ether oxygens (including phenoxy) is 3. The van der Waals surface area contributed by atoms with E-state index in [2.05, 4.69) is 11.9 Å². The van der Waals surface area contributed by atoms with E-state index >= 15 is 0 Å². The van der Waals surface area contributed by atoms with Gasteiger partial charge < -0.3 is 19.5 Å². The van der Waals surface area contributed by atoms with Crippen molar-refractivity contribution in [1.29, 1.82) is 0 Å². The van der Waals surface area contributed by atoms with E-state index in [1.165, 1.54) is 19.9 Å².